The van der Waals surface area contributed by atoms with Crippen molar-refractivity contribution in [2.45, 2.75) is 13.3 Å². The van der Waals surface area contributed by atoms with E-state index in [1.165, 1.54) is 12.1 Å². The van der Waals surface area contributed by atoms with Crippen LogP contribution >= 0.6 is 11.6 Å². The number of hydrogen-bond donors (Lipinski definition) is 2. The van der Waals surface area contributed by atoms with Crippen molar-refractivity contribution in [3.05, 3.63) is 84.8 Å². The van der Waals surface area contributed by atoms with Crippen molar-refractivity contribution < 1.29 is 4.92 Å². The molecule has 132 valence electrons. The van der Waals surface area contributed by atoms with Gasteiger partial charge in [-0.3, -0.25) is 19.9 Å². The molecule has 1 aromatic heterocycles. The van der Waals surface area contributed by atoms with Crippen LogP contribution in [0.15, 0.2) is 47.3 Å². The SMILES string of the molecule is Cc1cc([N+](=O)[O-])ccc1Nc1nnc(Cc2ccc(Cl)cc2)c(=O)[nH]1. The van der Waals surface area contributed by atoms with Crippen molar-refractivity contribution in [1.82, 2.24) is 15.2 Å². The Morgan fingerprint density at radius 3 is 2.54 bits per heavy atom. The summed E-state index contributed by atoms with van der Waals surface area (Å²) in [5.41, 5.74) is 2.03. The number of non-ortho nitro benzene ring substituents is 1. The maximum absolute atomic E-state index is 12.2. The Kier molecular flexibility index (Phi) is 4.94. The van der Waals surface area contributed by atoms with E-state index in [0.29, 0.717) is 22.7 Å². The first-order valence-electron chi connectivity index (χ1n) is 7.65. The summed E-state index contributed by atoms with van der Waals surface area (Å²) in [5, 5.41) is 22.2. The summed E-state index contributed by atoms with van der Waals surface area (Å²) >= 11 is 5.84. The number of hydrogen-bond acceptors (Lipinski definition) is 6. The van der Waals surface area contributed by atoms with Gasteiger partial charge in [0.2, 0.25) is 5.95 Å². The van der Waals surface area contributed by atoms with Crippen LogP contribution in [0.4, 0.5) is 17.3 Å². The number of nitrogens with zero attached hydrogens (tertiary/aromatic N) is 3. The Morgan fingerprint density at radius 1 is 1.19 bits per heavy atom. The molecule has 0 fully saturated rings. The lowest BCUT2D eigenvalue weighted by molar-refractivity contribution is -0.384. The predicted molar refractivity (Wildman–Crippen MR) is 98.0 cm³/mol. The van der Waals surface area contributed by atoms with Gasteiger partial charge >= 0.3 is 0 Å². The van der Waals surface area contributed by atoms with E-state index in [1.54, 1.807) is 25.1 Å². The first-order chi connectivity index (χ1) is 12.4. The van der Waals surface area contributed by atoms with E-state index in [4.69, 9.17) is 11.6 Å². The maximum atomic E-state index is 12.2. The number of benzene rings is 2. The summed E-state index contributed by atoms with van der Waals surface area (Å²) in [6, 6.07) is 11.5. The van der Waals surface area contributed by atoms with Crippen LogP contribution in [0, 0.1) is 17.0 Å². The molecule has 1 heterocycles. The Hall–Kier alpha value is -3.26. The molecule has 0 aliphatic heterocycles. The van der Waals surface area contributed by atoms with E-state index in [-0.39, 0.29) is 22.9 Å². The summed E-state index contributed by atoms with van der Waals surface area (Å²) in [6.45, 7) is 1.72. The molecule has 0 aliphatic carbocycles. The molecule has 0 bridgehead atoms. The van der Waals surface area contributed by atoms with Gasteiger partial charge in [-0.2, -0.15) is 0 Å². The fourth-order valence-corrected chi connectivity index (χ4v) is 2.48. The van der Waals surface area contributed by atoms with Crippen molar-refractivity contribution in [3.63, 3.8) is 0 Å². The number of aromatic amines is 1. The Balaban J connectivity index is 1.78. The number of H-pyrrole nitrogens is 1. The van der Waals surface area contributed by atoms with Crippen LogP contribution in [0.1, 0.15) is 16.8 Å². The lowest BCUT2D eigenvalue weighted by Gasteiger charge is -2.08. The van der Waals surface area contributed by atoms with Gasteiger partial charge in [0.1, 0.15) is 5.69 Å². The largest absolute Gasteiger partial charge is 0.324 e. The standard InChI is InChI=1S/C17H14ClN5O3/c1-10-8-13(23(25)26)6-7-14(10)19-17-20-16(24)15(21-22-17)9-11-2-4-12(18)5-3-11/h2-8H,9H2,1H3,(H2,19,20,22,24). The quantitative estimate of drug-likeness (QED) is 0.525. The van der Waals surface area contributed by atoms with Gasteiger partial charge in [0.05, 0.1) is 4.92 Å². The second-order valence-corrected chi connectivity index (χ2v) is 6.07. The molecular weight excluding hydrogens is 358 g/mol. The van der Waals surface area contributed by atoms with Crippen LogP contribution in [0.5, 0.6) is 0 Å². The highest BCUT2D eigenvalue weighted by atomic mass is 35.5. The highest BCUT2D eigenvalue weighted by Crippen LogP contribution is 2.22. The molecule has 9 heteroatoms. The van der Waals surface area contributed by atoms with Crippen LogP contribution in [0.2, 0.25) is 5.02 Å². The van der Waals surface area contributed by atoms with Gasteiger partial charge in [0.15, 0.2) is 0 Å². The second kappa shape index (κ2) is 7.32. The van der Waals surface area contributed by atoms with Crippen LogP contribution < -0.4 is 10.9 Å². The zero-order valence-corrected chi connectivity index (χ0v) is 14.4. The molecule has 0 radical (unpaired) electrons. The van der Waals surface area contributed by atoms with Gasteiger partial charge < -0.3 is 5.32 Å². The number of halogens is 1. The van der Waals surface area contributed by atoms with Gasteiger partial charge in [0, 0.05) is 29.3 Å². The van der Waals surface area contributed by atoms with Gasteiger partial charge in [-0.15, -0.1) is 10.2 Å². The Labute approximate surface area is 153 Å². The molecule has 2 N–H and O–H groups in total. The summed E-state index contributed by atoms with van der Waals surface area (Å²) in [7, 11) is 0. The van der Waals surface area contributed by atoms with E-state index in [9.17, 15) is 14.9 Å². The smallest absolute Gasteiger partial charge is 0.274 e. The lowest BCUT2D eigenvalue weighted by atomic mass is 10.1. The molecule has 0 saturated carbocycles. The van der Waals surface area contributed by atoms with E-state index >= 15 is 0 Å². The number of nitro groups is 1. The normalized spacial score (nSPS) is 10.5. The minimum Gasteiger partial charge on any atom is -0.324 e. The summed E-state index contributed by atoms with van der Waals surface area (Å²) in [5.74, 6) is 0.159. The van der Waals surface area contributed by atoms with Crippen molar-refractivity contribution in [2.75, 3.05) is 5.32 Å². The molecule has 3 rings (SSSR count). The van der Waals surface area contributed by atoms with Crippen molar-refractivity contribution in [2.24, 2.45) is 0 Å². The van der Waals surface area contributed by atoms with Gasteiger partial charge in [0.25, 0.3) is 11.2 Å². The number of anilines is 2. The number of nitro benzene ring substituents is 1. The Bertz CT molecular complexity index is 1020. The molecule has 8 nitrogen and oxygen atoms in total. The van der Waals surface area contributed by atoms with Crippen LogP contribution in [0.25, 0.3) is 0 Å². The molecule has 2 aromatic carbocycles. The van der Waals surface area contributed by atoms with Crippen molar-refractivity contribution >= 4 is 28.9 Å². The highest BCUT2D eigenvalue weighted by molar-refractivity contribution is 6.30. The predicted octanol–water partition coefficient (Wildman–Crippen LogP) is 3.37. The minimum absolute atomic E-state index is 0.00839. The van der Waals surface area contributed by atoms with Crippen LogP contribution in [-0.2, 0) is 6.42 Å². The topological polar surface area (TPSA) is 114 Å². The first-order valence-corrected chi connectivity index (χ1v) is 8.02. The molecule has 0 amide bonds. The zero-order valence-electron chi connectivity index (χ0n) is 13.7. The summed E-state index contributed by atoms with van der Waals surface area (Å²) in [6.07, 6.45) is 0.330. The van der Waals surface area contributed by atoms with Crippen molar-refractivity contribution in [3.8, 4) is 0 Å². The lowest BCUT2D eigenvalue weighted by Crippen LogP contribution is -2.19. The summed E-state index contributed by atoms with van der Waals surface area (Å²) < 4.78 is 0. The van der Waals surface area contributed by atoms with E-state index in [1.807, 2.05) is 12.1 Å². The third kappa shape index (κ3) is 4.04. The van der Waals surface area contributed by atoms with Gasteiger partial charge in [-0.1, -0.05) is 23.7 Å². The summed E-state index contributed by atoms with van der Waals surface area (Å²) in [4.78, 5) is 25.2. The zero-order chi connectivity index (χ0) is 18.7. The average Bonchev–Trinajstić information content (AvgIpc) is 2.60. The molecule has 26 heavy (non-hydrogen) atoms. The van der Waals surface area contributed by atoms with E-state index in [0.717, 1.165) is 5.56 Å². The van der Waals surface area contributed by atoms with Crippen LogP contribution in [0.3, 0.4) is 0 Å². The number of nitrogens with one attached hydrogen (secondary N) is 2. The van der Waals surface area contributed by atoms with Gasteiger partial charge in [-0.05, 0) is 36.2 Å². The molecule has 0 saturated heterocycles. The fourth-order valence-electron chi connectivity index (χ4n) is 2.36. The third-order valence-electron chi connectivity index (χ3n) is 3.72. The van der Waals surface area contributed by atoms with Crippen LogP contribution in [-0.4, -0.2) is 20.1 Å². The minimum atomic E-state index is -0.468. The van der Waals surface area contributed by atoms with Gasteiger partial charge in [-0.25, -0.2) is 0 Å². The highest BCUT2D eigenvalue weighted by Gasteiger charge is 2.10. The fraction of sp³-hybridized carbons (Fsp3) is 0.118. The average molecular weight is 372 g/mol. The number of rotatable bonds is 5. The molecule has 0 aliphatic rings. The monoisotopic (exact) mass is 371 g/mol. The third-order valence-corrected chi connectivity index (χ3v) is 3.98. The number of aryl methyl sites for hydroxylation is 1. The number of aromatic nitrogens is 3. The molecule has 3 aromatic rings. The second-order valence-electron chi connectivity index (χ2n) is 5.63. The molecule has 0 atom stereocenters. The van der Waals surface area contributed by atoms with E-state index < -0.39 is 4.92 Å². The van der Waals surface area contributed by atoms with E-state index in [2.05, 4.69) is 20.5 Å². The first kappa shape index (κ1) is 17.6. The Morgan fingerprint density at radius 2 is 1.92 bits per heavy atom. The molecule has 0 unspecified atom stereocenters. The molecular formula is C17H14ClN5O3. The maximum Gasteiger partial charge on any atom is 0.274 e. The van der Waals surface area contributed by atoms with Crippen molar-refractivity contribution in [1.29, 1.82) is 0 Å². The molecule has 0 spiro atoms.